The van der Waals surface area contributed by atoms with Crippen molar-refractivity contribution in [2.75, 3.05) is 0 Å². The second kappa shape index (κ2) is 2.85. The van der Waals surface area contributed by atoms with Crippen LogP contribution >= 0.6 is 11.3 Å². The number of hydrogen-bond donors (Lipinski definition) is 2. The third-order valence-electron chi connectivity index (χ3n) is 1.94. The average molecular weight is 196 g/mol. The van der Waals surface area contributed by atoms with E-state index in [1.165, 1.54) is 11.3 Å². The lowest BCUT2D eigenvalue weighted by Gasteiger charge is -2.04. The lowest BCUT2D eigenvalue weighted by molar-refractivity contribution is -0.120. The third kappa shape index (κ3) is 1.31. The molecule has 1 saturated heterocycles. The maximum atomic E-state index is 11.2. The van der Waals surface area contributed by atoms with E-state index < -0.39 is 12.1 Å². The van der Waals surface area contributed by atoms with Crippen LogP contribution in [0.15, 0.2) is 11.4 Å². The summed E-state index contributed by atoms with van der Waals surface area (Å²) < 4.78 is 0. The van der Waals surface area contributed by atoms with Gasteiger partial charge in [-0.15, -0.1) is 11.3 Å². The Balaban J connectivity index is 2.32. The normalized spacial score (nSPS) is 21.5. The minimum Gasteiger partial charge on any atom is -0.321 e. The van der Waals surface area contributed by atoms with Crippen LogP contribution in [-0.4, -0.2) is 11.9 Å². The van der Waals surface area contributed by atoms with E-state index in [9.17, 15) is 9.59 Å². The Bertz CT molecular complexity index is 372. The predicted octanol–water partition coefficient (Wildman–Crippen LogP) is 0.937. The SMILES string of the molecule is Cc1ccsc1[C@@H]1NC(=O)NC1=O. The Morgan fingerprint density at radius 1 is 1.46 bits per heavy atom. The van der Waals surface area contributed by atoms with Crippen LogP contribution in [0.2, 0.25) is 0 Å². The van der Waals surface area contributed by atoms with Crippen molar-refractivity contribution < 1.29 is 9.59 Å². The van der Waals surface area contributed by atoms with Crippen LogP contribution in [-0.2, 0) is 4.79 Å². The molecule has 0 radical (unpaired) electrons. The first-order valence-electron chi connectivity index (χ1n) is 3.84. The molecule has 1 aliphatic heterocycles. The van der Waals surface area contributed by atoms with Gasteiger partial charge in [-0.3, -0.25) is 10.1 Å². The van der Waals surface area contributed by atoms with Crippen molar-refractivity contribution >= 4 is 23.3 Å². The van der Waals surface area contributed by atoms with E-state index in [-0.39, 0.29) is 5.91 Å². The number of urea groups is 1. The van der Waals surface area contributed by atoms with Gasteiger partial charge in [0, 0.05) is 4.88 Å². The molecule has 1 atom stereocenters. The minimum absolute atomic E-state index is 0.268. The van der Waals surface area contributed by atoms with Crippen LogP contribution in [0, 0.1) is 6.92 Å². The van der Waals surface area contributed by atoms with Gasteiger partial charge in [-0.1, -0.05) is 0 Å². The molecule has 0 unspecified atom stereocenters. The summed E-state index contributed by atoms with van der Waals surface area (Å²) in [5, 5.41) is 6.66. The summed E-state index contributed by atoms with van der Waals surface area (Å²) >= 11 is 1.48. The van der Waals surface area contributed by atoms with Crippen molar-refractivity contribution in [3.05, 3.63) is 21.9 Å². The van der Waals surface area contributed by atoms with Gasteiger partial charge >= 0.3 is 6.03 Å². The highest BCUT2D eigenvalue weighted by Crippen LogP contribution is 2.25. The van der Waals surface area contributed by atoms with E-state index in [4.69, 9.17) is 0 Å². The Kier molecular flexibility index (Phi) is 1.81. The van der Waals surface area contributed by atoms with Gasteiger partial charge in [-0.25, -0.2) is 4.79 Å². The van der Waals surface area contributed by atoms with Crippen molar-refractivity contribution in [1.29, 1.82) is 0 Å². The topological polar surface area (TPSA) is 58.2 Å². The van der Waals surface area contributed by atoms with E-state index in [1.54, 1.807) is 0 Å². The van der Waals surface area contributed by atoms with E-state index in [0.717, 1.165) is 10.4 Å². The zero-order chi connectivity index (χ0) is 9.42. The molecule has 4 nitrogen and oxygen atoms in total. The fourth-order valence-electron chi connectivity index (χ4n) is 1.28. The predicted molar refractivity (Wildman–Crippen MR) is 48.5 cm³/mol. The van der Waals surface area contributed by atoms with Crippen LogP contribution in [0.5, 0.6) is 0 Å². The van der Waals surface area contributed by atoms with E-state index in [1.807, 2.05) is 18.4 Å². The molecule has 1 fully saturated rings. The highest BCUT2D eigenvalue weighted by Gasteiger charge is 2.32. The van der Waals surface area contributed by atoms with E-state index in [0.29, 0.717) is 0 Å². The molecule has 68 valence electrons. The minimum atomic E-state index is -0.493. The number of rotatable bonds is 1. The fraction of sp³-hybridized carbons (Fsp3) is 0.250. The molecular weight excluding hydrogens is 188 g/mol. The third-order valence-corrected chi connectivity index (χ3v) is 3.02. The first kappa shape index (κ1) is 8.25. The zero-order valence-corrected chi connectivity index (χ0v) is 7.77. The number of carbonyl (C=O) groups excluding carboxylic acids is 2. The standard InChI is InChI=1S/C8H8N2O2S/c1-4-2-3-13-6(4)5-7(11)10-8(12)9-5/h2-3,5H,1H3,(H2,9,10,11,12)/t5-/m0/s1. The first-order valence-corrected chi connectivity index (χ1v) is 4.72. The molecule has 0 aliphatic carbocycles. The number of aryl methyl sites for hydroxylation is 1. The fourth-order valence-corrected chi connectivity index (χ4v) is 2.26. The smallest absolute Gasteiger partial charge is 0.321 e. The molecule has 0 saturated carbocycles. The Morgan fingerprint density at radius 2 is 2.23 bits per heavy atom. The highest BCUT2D eigenvalue weighted by atomic mass is 32.1. The number of amides is 3. The van der Waals surface area contributed by atoms with Gasteiger partial charge < -0.3 is 5.32 Å². The van der Waals surface area contributed by atoms with E-state index >= 15 is 0 Å². The summed E-state index contributed by atoms with van der Waals surface area (Å²) in [7, 11) is 0. The molecule has 1 aromatic heterocycles. The van der Waals surface area contributed by atoms with Gasteiger partial charge in [-0.05, 0) is 23.9 Å². The number of imide groups is 1. The first-order chi connectivity index (χ1) is 6.18. The summed E-state index contributed by atoms with van der Waals surface area (Å²) in [5.74, 6) is -0.268. The lowest BCUT2D eigenvalue weighted by Crippen LogP contribution is -2.22. The van der Waals surface area contributed by atoms with E-state index in [2.05, 4.69) is 10.6 Å². The molecule has 5 heteroatoms. The Labute approximate surface area is 78.9 Å². The lowest BCUT2D eigenvalue weighted by atomic mass is 10.2. The van der Waals surface area contributed by atoms with Crippen LogP contribution in [0.4, 0.5) is 4.79 Å². The van der Waals surface area contributed by atoms with Crippen molar-refractivity contribution in [3.8, 4) is 0 Å². The molecule has 2 N–H and O–H groups in total. The molecule has 3 amide bonds. The van der Waals surface area contributed by atoms with Crippen molar-refractivity contribution in [2.45, 2.75) is 13.0 Å². The summed E-state index contributed by atoms with van der Waals surface area (Å²) in [4.78, 5) is 23.0. The molecule has 1 aromatic rings. The van der Waals surface area contributed by atoms with Crippen molar-refractivity contribution in [2.24, 2.45) is 0 Å². The summed E-state index contributed by atoms with van der Waals surface area (Å²) in [6.07, 6.45) is 0. The van der Waals surface area contributed by atoms with Gasteiger partial charge in [0.2, 0.25) is 0 Å². The second-order valence-corrected chi connectivity index (χ2v) is 3.81. The van der Waals surface area contributed by atoms with Crippen LogP contribution in [0.25, 0.3) is 0 Å². The molecule has 0 spiro atoms. The van der Waals surface area contributed by atoms with Gasteiger partial charge in [0.05, 0.1) is 0 Å². The molecule has 1 aliphatic rings. The van der Waals surface area contributed by atoms with Crippen LogP contribution in [0.1, 0.15) is 16.5 Å². The maximum absolute atomic E-state index is 11.2. The van der Waals surface area contributed by atoms with Crippen molar-refractivity contribution in [3.63, 3.8) is 0 Å². The Hall–Kier alpha value is -1.36. The molecule has 13 heavy (non-hydrogen) atoms. The summed E-state index contributed by atoms with van der Waals surface area (Å²) in [5.41, 5.74) is 1.03. The van der Waals surface area contributed by atoms with Crippen LogP contribution < -0.4 is 10.6 Å². The zero-order valence-electron chi connectivity index (χ0n) is 6.96. The average Bonchev–Trinajstić information content (AvgIpc) is 2.58. The number of carbonyl (C=O) groups is 2. The highest BCUT2D eigenvalue weighted by molar-refractivity contribution is 7.10. The molecule has 0 bridgehead atoms. The number of nitrogens with one attached hydrogen (secondary N) is 2. The summed E-state index contributed by atoms with van der Waals surface area (Å²) in [6.45, 7) is 1.92. The Morgan fingerprint density at radius 3 is 2.69 bits per heavy atom. The van der Waals surface area contributed by atoms with Gasteiger partial charge in [0.15, 0.2) is 0 Å². The van der Waals surface area contributed by atoms with Gasteiger partial charge in [-0.2, -0.15) is 0 Å². The summed E-state index contributed by atoms with van der Waals surface area (Å²) in [6, 6.07) is 1.02. The molecule has 2 rings (SSSR count). The van der Waals surface area contributed by atoms with Crippen molar-refractivity contribution in [1.82, 2.24) is 10.6 Å². The van der Waals surface area contributed by atoms with Crippen LogP contribution in [0.3, 0.4) is 0 Å². The van der Waals surface area contributed by atoms with Gasteiger partial charge in [0.1, 0.15) is 6.04 Å². The number of thiophene rings is 1. The number of hydrogen-bond acceptors (Lipinski definition) is 3. The van der Waals surface area contributed by atoms with Gasteiger partial charge in [0.25, 0.3) is 5.91 Å². The molecule has 2 heterocycles. The second-order valence-electron chi connectivity index (χ2n) is 2.86. The maximum Gasteiger partial charge on any atom is 0.322 e. The molecular formula is C8H8N2O2S. The monoisotopic (exact) mass is 196 g/mol. The quantitative estimate of drug-likeness (QED) is 0.657. The molecule has 0 aromatic carbocycles. The largest absolute Gasteiger partial charge is 0.322 e.